The van der Waals surface area contributed by atoms with E-state index in [1.807, 2.05) is 0 Å². The van der Waals surface area contributed by atoms with Crippen LogP contribution in [0.25, 0.3) is 0 Å². The predicted molar refractivity (Wildman–Crippen MR) is 48.8 cm³/mol. The second-order valence-electron chi connectivity index (χ2n) is 3.01. The first-order valence-corrected chi connectivity index (χ1v) is 4.32. The van der Waals surface area contributed by atoms with Gasteiger partial charge in [0.05, 0.1) is 6.67 Å². The fraction of sp³-hybridized carbons (Fsp3) is 1.00. The molecule has 0 heterocycles. The van der Waals surface area contributed by atoms with E-state index in [4.69, 9.17) is 0 Å². The van der Waals surface area contributed by atoms with Crippen LogP contribution in [0.4, 0.5) is 30.7 Å². The summed E-state index contributed by atoms with van der Waals surface area (Å²) in [7, 11) is 0. The van der Waals surface area contributed by atoms with Crippen LogP contribution in [0.15, 0.2) is 0 Å². The minimum atomic E-state index is -3.70. The Labute approximate surface area is 132 Å². The van der Waals surface area contributed by atoms with Gasteiger partial charge in [0.1, 0.15) is 6.17 Å². The van der Waals surface area contributed by atoms with Crippen LogP contribution in [0.1, 0.15) is 15.7 Å². The molecule has 4 atom stereocenters. The van der Waals surface area contributed by atoms with Crippen LogP contribution in [0, 0.1) is 0 Å². The summed E-state index contributed by atoms with van der Waals surface area (Å²) in [5.74, 6) is 0. The van der Waals surface area contributed by atoms with Crippen molar-refractivity contribution in [3.05, 3.63) is 0 Å². The standard InChI is InChI=1S/C8H11F7.Ba.2H/c9-3-1-2-4(10)5(11)6(12)7(13)8(14)15;;;/h4-8H,1-3H2;;;/q;+2;2*-1. The van der Waals surface area contributed by atoms with Gasteiger partial charge in [0.2, 0.25) is 0 Å². The van der Waals surface area contributed by atoms with Crippen molar-refractivity contribution >= 4 is 48.9 Å². The molecule has 0 aliphatic heterocycles. The van der Waals surface area contributed by atoms with Crippen molar-refractivity contribution in [1.82, 2.24) is 0 Å². The smallest absolute Gasteiger partial charge is 1.00 e. The molecule has 0 rings (SSSR count). The van der Waals surface area contributed by atoms with Gasteiger partial charge in [0.25, 0.3) is 6.43 Å². The molecule has 0 saturated carbocycles. The first kappa shape index (κ1) is 19.4. The van der Waals surface area contributed by atoms with Crippen molar-refractivity contribution in [2.24, 2.45) is 0 Å². The summed E-state index contributed by atoms with van der Waals surface area (Å²) in [4.78, 5) is 0. The number of halogens is 7. The maximum absolute atomic E-state index is 12.7. The number of alkyl halides is 7. The number of hydrogen-bond acceptors (Lipinski definition) is 0. The van der Waals surface area contributed by atoms with Gasteiger partial charge in [-0.25, -0.2) is 26.3 Å². The Morgan fingerprint density at radius 2 is 1.31 bits per heavy atom. The summed E-state index contributed by atoms with van der Waals surface area (Å²) in [6.45, 7) is -0.933. The van der Waals surface area contributed by atoms with Crippen molar-refractivity contribution in [3.63, 3.8) is 0 Å². The van der Waals surface area contributed by atoms with Gasteiger partial charge < -0.3 is 2.85 Å². The second kappa shape index (κ2) is 10.0. The average molecular weight is 380 g/mol. The molecule has 0 saturated heterocycles. The molecule has 0 aliphatic rings. The van der Waals surface area contributed by atoms with Crippen molar-refractivity contribution in [2.45, 2.75) is 44.0 Å². The van der Waals surface area contributed by atoms with E-state index in [0.29, 0.717) is 0 Å². The fourth-order valence-electron chi connectivity index (χ4n) is 0.945. The predicted octanol–water partition coefficient (Wildman–Crippen LogP) is 3.20. The van der Waals surface area contributed by atoms with Crippen LogP contribution >= 0.6 is 0 Å². The van der Waals surface area contributed by atoms with Crippen LogP contribution in [0.2, 0.25) is 0 Å². The molecule has 0 N–H and O–H groups in total. The summed E-state index contributed by atoms with van der Waals surface area (Å²) in [5, 5.41) is 0. The summed E-state index contributed by atoms with van der Waals surface area (Å²) in [5.41, 5.74) is 0. The van der Waals surface area contributed by atoms with E-state index >= 15 is 0 Å². The Kier molecular flexibility index (Phi) is 12.2. The molecule has 0 aromatic carbocycles. The number of hydrogen-bond donors (Lipinski definition) is 0. The largest absolute Gasteiger partial charge is 2.00 e. The molecular weight excluding hydrogens is 366 g/mol. The average Bonchev–Trinajstić information content (AvgIpc) is 2.22. The third-order valence-corrected chi connectivity index (χ3v) is 1.81. The molecule has 0 amide bonds. The zero-order valence-corrected chi connectivity index (χ0v) is 12.8. The summed E-state index contributed by atoms with van der Waals surface area (Å²) in [6, 6.07) is 0. The van der Waals surface area contributed by atoms with E-state index in [0.717, 1.165) is 0 Å². The normalized spacial score (nSPS) is 18.8. The van der Waals surface area contributed by atoms with E-state index < -0.39 is 44.2 Å². The fourth-order valence-corrected chi connectivity index (χ4v) is 0.945. The molecular formula is C8H13BaF7. The van der Waals surface area contributed by atoms with Crippen molar-refractivity contribution in [3.8, 4) is 0 Å². The third-order valence-electron chi connectivity index (χ3n) is 1.81. The van der Waals surface area contributed by atoms with Crippen LogP contribution in [-0.4, -0.2) is 86.7 Å². The molecule has 0 aliphatic carbocycles. The molecule has 4 unspecified atom stereocenters. The molecule has 0 spiro atoms. The van der Waals surface area contributed by atoms with E-state index in [-0.39, 0.29) is 58.2 Å². The van der Waals surface area contributed by atoms with Gasteiger partial charge >= 0.3 is 48.9 Å². The molecule has 0 fully saturated rings. The van der Waals surface area contributed by atoms with E-state index in [1.165, 1.54) is 0 Å². The van der Waals surface area contributed by atoms with E-state index in [9.17, 15) is 30.7 Å². The Morgan fingerprint density at radius 3 is 1.69 bits per heavy atom. The monoisotopic (exact) mass is 380 g/mol. The first-order chi connectivity index (χ1) is 6.91. The third kappa shape index (κ3) is 6.73. The maximum Gasteiger partial charge on any atom is 2.00 e. The molecule has 16 heavy (non-hydrogen) atoms. The van der Waals surface area contributed by atoms with Crippen LogP contribution in [0.3, 0.4) is 0 Å². The molecule has 96 valence electrons. The first-order valence-electron chi connectivity index (χ1n) is 4.32. The van der Waals surface area contributed by atoms with Crippen LogP contribution < -0.4 is 0 Å². The summed E-state index contributed by atoms with van der Waals surface area (Å²) >= 11 is 0. The van der Waals surface area contributed by atoms with Crippen molar-refractivity contribution < 1.29 is 33.6 Å². The summed E-state index contributed by atoms with van der Waals surface area (Å²) < 4.78 is 84.9. The summed E-state index contributed by atoms with van der Waals surface area (Å²) in [6.07, 6.45) is -16.8. The van der Waals surface area contributed by atoms with Gasteiger partial charge in [-0.3, -0.25) is 4.39 Å². The minimum Gasteiger partial charge on any atom is -1.00 e. The quantitative estimate of drug-likeness (QED) is 0.471. The van der Waals surface area contributed by atoms with Gasteiger partial charge in [-0.1, -0.05) is 0 Å². The van der Waals surface area contributed by atoms with Gasteiger partial charge in [-0.2, -0.15) is 0 Å². The molecule has 0 bridgehead atoms. The Bertz CT molecular complexity index is 178. The van der Waals surface area contributed by atoms with Crippen molar-refractivity contribution in [1.29, 1.82) is 0 Å². The minimum absolute atomic E-state index is 0. The van der Waals surface area contributed by atoms with Crippen LogP contribution in [0.5, 0.6) is 0 Å². The van der Waals surface area contributed by atoms with Gasteiger partial charge in [-0.15, -0.1) is 0 Å². The molecule has 0 aromatic heterocycles. The molecule has 0 nitrogen and oxygen atoms in total. The Morgan fingerprint density at radius 1 is 0.812 bits per heavy atom. The molecule has 8 heteroatoms. The number of rotatable bonds is 7. The van der Waals surface area contributed by atoms with E-state index in [2.05, 4.69) is 0 Å². The Balaban J connectivity index is -0.000000327. The zero-order valence-electron chi connectivity index (χ0n) is 10.4. The van der Waals surface area contributed by atoms with Gasteiger partial charge in [-0.05, 0) is 12.8 Å². The molecule has 0 radical (unpaired) electrons. The van der Waals surface area contributed by atoms with Crippen molar-refractivity contribution in [2.75, 3.05) is 6.67 Å². The zero-order chi connectivity index (χ0) is 12.0. The maximum atomic E-state index is 12.7. The van der Waals surface area contributed by atoms with E-state index in [1.54, 1.807) is 0 Å². The van der Waals surface area contributed by atoms with Gasteiger partial charge in [0, 0.05) is 0 Å². The molecule has 0 aromatic rings. The SMILES string of the molecule is FCCCC(F)C(F)C(F)C(F)C(F)F.[Ba+2].[H-].[H-]. The van der Waals surface area contributed by atoms with Gasteiger partial charge in [0.15, 0.2) is 18.5 Å². The van der Waals surface area contributed by atoms with Crippen LogP contribution in [-0.2, 0) is 0 Å². The topological polar surface area (TPSA) is 0 Å². The Hall–Kier alpha value is 1.08. The second-order valence-corrected chi connectivity index (χ2v) is 3.01.